The lowest BCUT2D eigenvalue weighted by Gasteiger charge is -2.37. The summed E-state index contributed by atoms with van der Waals surface area (Å²) in [5.41, 5.74) is 0.864. The molecule has 1 fully saturated rings. The van der Waals surface area contributed by atoms with E-state index in [-0.39, 0.29) is 35.5 Å². The molecular weight excluding hydrogens is 521 g/mol. The van der Waals surface area contributed by atoms with Gasteiger partial charge in [0.1, 0.15) is 0 Å². The van der Waals surface area contributed by atoms with Gasteiger partial charge < -0.3 is 24.8 Å². The molecule has 2 rings (SSSR count). The smallest absolute Gasteiger partial charge is 0.387 e. The minimum atomic E-state index is -2.89. The summed E-state index contributed by atoms with van der Waals surface area (Å²) in [4.78, 5) is 6.74. The molecule has 2 N–H and O–H groups in total. The fourth-order valence-corrected chi connectivity index (χ4v) is 3.51. The maximum absolute atomic E-state index is 12.6. The second-order valence-electron chi connectivity index (χ2n) is 7.45. The van der Waals surface area contributed by atoms with Crippen LogP contribution in [0.25, 0.3) is 0 Å². The van der Waals surface area contributed by atoms with Crippen molar-refractivity contribution in [3.63, 3.8) is 0 Å². The summed E-state index contributed by atoms with van der Waals surface area (Å²) in [6.07, 6.45) is 0.626. The van der Waals surface area contributed by atoms with Gasteiger partial charge >= 0.3 is 6.61 Å². The van der Waals surface area contributed by atoms with Crippen LogP contribution < -0.4 is 20.1 Å². The molecule has 0 amide bonds. The number of methoxy groups -OCH3 is 1. The summed E-state index contributed by atoms with van der Waals surface area (Å²) in [5.74, 6) is 1.54. The Bertz CT molecular complexity index is 674. The minimum Gasteiger partial charge on any atom is -0.493 e. The van der Waals surface area contributed by atoms with Gasteiger partial charge in [0.2, 0.25) is 0 Å². The Morgan fingerprint density at radius 1 is 1.19 bits per heavy atom. The molecule has 1 aliphatic heterocycles. The quantitative estimate of drug-likeness (QED) is 0.263. The normalized spacial score (nSPS) is 16.1. The van der Waals surface area contributed by atoms with E-state index in [9.17, 15) is 8.78 Å². The number of aliphatic imine (C=N–C) groups is 1. The average Bonchev–Trinajstić information content (AvgIpc) is 2.73. The van der Waals surface area contributed by atoms with Crippen molar-refractivity contribution in [3.8, 4) is 11.5 Å². The van der Waals surface area contributed by atoms with Crippen molar-refractivity contribution in [1.82, 2.24) is 15.5 Å². The predicted molar refractivity (Wildman–Crippen MR) is 129 cm³/mol. The number of benzene rings is 1. The van der Waals surface area contributed by atoms with Crippen LogP contribution in [0.3, 0.4) is 0 Å². The molecule has 31 heavy (non-hydrogen) atoms. The standard InChI is InChI=1S/C21H34F2N4O3.HI/c1-15(2)17(27-9-11-29-12-10-27)14-26-21(24-3)25-8-7-16-5-6-18(28-4)19(13-16)30-20(22)23;/h5-6,13,15,17,20H,7-12,14H2,1-4H3,(H2,24,25,26);1H. The van der Waals surface area contributed by atoms with Crippen LogP contribution in [0.1, 0.15) is 19.4 Å². The largest absolute Gasteiger partial charge is 0.493 e. The number of hydrogen-bond donors (Lipinski definition) is 2. The Labute approximate surface area is 200 Å². The maximum Gasteiger partial charge on any atom is 0.387 e. The summed E-state index contributed by atoms with van der Waals surface area (Å²) >= 11 is 0. The molecule has 1 aromatic rings. The van der Waals surface area contributed by atoms with Gasteiger partial charge in [-0.05, 0) is 30.0 Å². The van der Waals surface area contributed by atoms with E-state index in [1.54, 1.807) is 19.2 Å². The fraction of sp³-hybridized carbons (Fsp3) is 0.667. The Balaban J connectivity index is 0.00000480. The lowest BCUT2D eigenvalue weighted by molar-refractivity contribution is -0.0512. The molecule has 1 aromatic carbocycles. The summed E-state index contributed by atoms with van der Waals surface area (Å²) in [6.45, 7) is 6.37. The molecule has 0 saturated carbocycles. The van der Waals surface area contributed by atoms with Crippen molar-refractivity contribution >= 4 is 29.9 Å². The van der Waals surface area contributed by atoms with Crippen molar-refractivity contribution in [2.45, 2.75) is 32.9 Å². The number of halogens is 3. The van der Waals surface area contributed by atoms with E-state index in [0.717, 1.165) is 38.4 Å². The zero-order valence-corrected chi connectivity index (χ0v) is 21.0. The van der Waals surface area contributed by atoms with Gasteiger partial charge in [0.15, 0.2) is 17.5 Å². The highest BCUT2D eigenvalue weighted by Crippen LogP contribution is 2.29. The SMILES string of the molecule is CN=C(NCCc1ccc(OC)c(OC(F)F)c1)NCC(C(C)C)N1CCOCC1.I. The number of morpholine rings is 1. The number of rotatable bonds is 10. The number of hydrogen-bond acceptors (Lipinski definition) is 5. The monoisotopic (exact) mass is 556 g/mol. The zero-order valence-electron chi connectivity index (χ0n) is 18.7. The Morgan fingerprint density at radius 3 is 2.48 bits per heavy atom. The number of guanidine groups is 1. The molecule has 0 radical (unpaired) electrons. The topological polar surface area (TPSA) is 67.4 Å². The van der Waals surface area contributed by atoms with E-state index in [0.29, 0.717) is 30.9 Å². The molecule has 1 unspecified atom stereocenters. The minimum absolute atomic E-state index is 0. The number of ether oxygens (including phenoxy) is 3. The highest BCUT2D eigenvalue weighted by Gasteiger charge is 2.23. The van der Waals surface area contributed by atoms with E-state index < -0.39 is 6.61 Å². The second-order valence-corrected chi connectivity index (χ2v) is 7.45. The van der Waals surface area contributed by atoms with Crippen molar-refractivity contribution in [2.75, 3.05) is 53.6 Å². The first-order chi connectivity index (χ1) is 14.4. The van der Waals surface area contributed by atoms with Crippen molar-refractivity contribution in [3.05, 3.63) is 23.8 Å². The molecule has 178 valence electrons. The molecule has 7 nitrogen and oxygen atoms in total. The number of nitrogens with one attached hydrogen (secondary N) is 2. The predicted octanol–water partition coefficient (Wildman–Crippen LogP) is 2.98. The number of nitrogens with zero attached hydrogens (tertiary/aromatic N) is 2. The van der Waals surface area contributed by atoms with Crippen LogP contribution in [0.4, 0.5) is 8.78 Å². The highest BCUT2D eigenvalue weighted by atomic mass is 127. The first-order valence-corrected chi connectivity index (χ1v) is 10.3. The van der Waals surface area contributed by atoms with Crippen LogP contribution in [0.15, 0.2) is 23.2 Å². The van der Waals surface area contributed by atoms with E-state index in [4.69, 9.17) is 9.47 Å². The second kappa shape index (κ2) is 14.6. The van der Waals surface area contributed by atoms with Gasteiger partial charge in [-0.15, -0.1) is 24.0 Å². The third-order valence-electron chi connectivity index (χ3n) is 5.14. The summed E-state index contributed by atoms with van der Waals surface area (Å²) < 4.78 is 40.2. The first kappa shape index (κ1) is 27.6. The van der Waals surface area contributed by atoms with Crippen LogP contribution in [-0.4, -0.2) is 77.1 Å². The number of alkyl halides is 2. The third kappa shape index (κ3) is 9.32. The van der Waals surface area contributed by atoms with Gasteiger partial charge in [0, 0.05) is 39.3 Å². The van der Waals surface area contributed by atoms with Crippen molar-refractivity contribution in [2.24, 2.45) is 10.9 Å². The van der Waals surface area contributed by atoms with Crippen molar-refractivity contribution < 1.29 is 23.0 Å². The summed E-state index contributed by atoms with van der Waals surface area (Å²) in [5, 5.41) is 6.68. The Morgan fingerprint density at radius 2 is 1.90 bits per heavy atom. The molecule has 10 heteroatoms. The molecule has 1 saturated heterocycles. The molecular formula is C21H35F2IN4O3. The maximum atomic E-state index is 12.6. The molecule has 0 spiro atoms. The molecule has 0 bridgehead atoms. The van der Waals surface area contributed by atoms with Crippen LogP contribution in [0, 0.1) is 5.92 Å². The van der Waals surface area contributed by atoms with Crippen LogP contribution in [0.5, 0.6) is 11.5 Å². The Kier molecular flexibility index (Phi) is 13.0. The molecule has 1 heterocycles. The third-order valence-corrected chi connectivity index (χ3v) is 5.14. The van der Waals surface area contributed by atoms with Crippen LogP contribution in [-0.2, 0) is 11.2 Å². The van der Waals surface area contributed by atoms with Crippen molar-refractivity contribution in [1.29, 1.82) is 0 Å². The molecule has 1 atom stereocenters. The van der Waals surface area contributed by atoms with Gasteiger partial charge in [-0.25, -0.2) is 0 Å². The van der Waals surface area contributed by atoms with E-state index in [2.05, 4.69) is 39.1 Å². The van der Waals surface area contributed by atoms with E-state index in [1.807, 2.05) is 6.07 Å². The summed E-state index contributed by atoms with van der Waals surface area (Å²) in [6, 6.07) is 5.44. The zero-order chi connectivity index (χ0) is 21.9. The van der Waals surface area contributed by atoms with Gasteiger partial charge in [-0.3, -0.25) is 9.89 Å². The van der Waals surface area contributed by atoms with E-state index in [1.165, 1.54) is 7.11 Å². The Hall–Kier alpha value is -1.40. The average molecular weight is 556 g/mol. The van der Waals surface area contributed by atoms with E-state index >= 15 is 0 Å². The molecule has 0 aliphatic carbocycles. The van der Waals surface area contributed by atoms with Gasteiger partial charge in [0.05, 0.1) is 20.3 Å². The first-order valence-electron chi connectivity index (χ1n) is 10.3. The highest BCUT2D eigenvalue weighted by molar-refractivity contribution is 14.0. The lowest BCUT2D eigenvalue weighted by atomic mass is 10.0. The van der Waals surface area contributed by atoms with Crippen LogP contribution in [0.2, 0.25) is 0 Å². The fourth-order valence-electron chi connectivity index (χ4n) is 3.51. The van der Waals surface area contributed by atoms with Gasteiger partial charge in [-0.1, -0.05) is 19.9 Å². The van der Waals surface area contributed by atoms with Crippen LogP contribution >= 0.6 is 24.0 Å². The van der Waals surface area contributed by atoms with Gasteiger partial charge in [-0.2, -0.15) is 8.78 Å². The lowest BCUT2D eigenvalue weighted by Crippen LogP contribution is -2.52. The van der Waals surface area contributed by atoms with Gasteiger partial charge in [0.25, 0.3) is 0 Å². The molecule has 1 aliphatic rings. The summed E-state index contributed by atoms with van der Waals surface area (Å²) in [7, 11) is 3.16. The molecule has 0 aromatic heterocycles.